The van der Waals surface area contributed by atoms with Gasteiger partial charge in [-0.25, -0.2) is 17.5 Å². The number of carbonyl (C=O) groups excluding carboxylic acids is 1. The third kappa shape index (κ3) is 4.47. The van der Waals surface area contributed by atoms with Gasteiger partial charge >= 0.3 is 0 Å². The second-order valence-electron chi connectivity index (χ2n) is 6.64. The summed E-state index contributed by atoms with van der Waals surface area (Å²) >= 11 is 0. The van der Waals surface area contributed by atoms with E-state index in [4.69, 9.17) is 0 Å². The fraction of sp³-hybridized carbons (Fsp3) is 0.316. The van der Waals surface area contributed by atoms with Crippen molar-refractivity contribution in [2.45, 2.75) is 24.8 Å². The Balaban J connectivity index is 1.57. The molecule has 0 spiro atoms. The molecule has 1 fully saturated rings. The molecule has 138 valence electrons. The van der Waals surface area contributed by atoms with Gasteiger partial charge in [-0.15, -0.1) is 0 Å². The van der Waals surface area contributed by atoms with Crippen molar-refractivity contribution >= 4 is 15.9 Å². The van der Waals surface area contributed by atoms with Crippen LogP contribution in [0.3, 0.4) is 0 Å². The van der Waals surface area contributed by atoms with Gasteiger partial charge in [-0.05, 0) is 42.7 Å². The van der Waals surface area contributed by atoms with Crippen LogP contribution in [0.25, 0.3) is 0 Å². The van der Waals surface area contributed by atoms with Gasteiger partial charge < -0.3 is 4.90 Å². The van der Waals surface area contributed by atoms with E-state index in [0.717, 1.165) is 11.1 Å². The van der Waals surface area contributed by atoms with Crippen molar-refractivity contribution in [3.05, 3.63) is 65.5 Å². The van der Waals surface area contributed by atoms with Crippen molar-refractivity contribution in [3.63, 3.8) is 0 Å². The molecule has 1 atom stereocenters. The number of hydrogen-bond donors (Lipinski definition) is 1. The average Bonchev–Trinajstić information content (AvgIpc) is 2.95. The summed E-state index contributed by atoms with van der Waals surface area (Å²) in [6, 6.07) is 12.7. The summed E-state index contributed by atoms with van der Waals surface area (Å²) in [5, 5.41) is 0. The van der Waals surface area contributed by atoms with Crippen LogP contribution in [0.5, 0.6) is 0 Å². The molecule has 1 aliphatic heterocycles. The predicted molar refractivity (Wildman–Crippen MR) is 96.3 cm³/mol. The van der Waals surface area contributed by atoms with Crippen molar-refractivity contribution in [1.29, 1.82) is 0 Å². The standard InChI is InChI=1S/C19H21FN2O3S/c1-14-2-8-18(9-3-14)26(24,25)21-11-16-10-19(23)22(13-16)12-15-4-6-17(20)7-5-15/h2-9,16,21H,10-13H2,1H3/t16-/m0/s1. The Morgan fingerprint density at radius 2 is 1.77 bits per heavy atom. The van der Waals surface area contributed by atoms with Gasteiger partial charge in [0, 0.05) is 26.1 Å². The van der Waals surface area contributed by atoms with Crippen LogP contribution in [-0.2, 0) is 21.4 Å². The molecule has 0 unspecified atom stereocenters. The molecule has 7 heteroatoms. The molecule has 2 aromatic carbocycles. The number of nitrogens with one attached hydrogen (secondary N) is 1. The van der Waals surface area contributed by atoms with Gasteiger partial charge in [0.25, 0.3) is 0 Å². The number of hydrogen-bond acceptors (Lipinski definition) is 3. The summed E-state index contributed by atoms with van der Waals surface area (Å²) in [6.45, 7) is 2.98. The maximum atomic E-state index is 13.0. The summed E-state index contributed by atoms with van der Waals surface area (Å²) < 4.78 is 40.2. The van der Waals surface area contributed by atoms with E-state index in [9.17, 15) is 17.6 Å². The van der Waals surface area contributed by atoms with Gasteiger partial charge in [0.05, 0.1) is 4.90 Å². The second-order valence-corrected chi connectivity index (χ2v) is 8.40. The lowest BCUT2D eigenvalue weighted by Gasteiger charge is -2.17. The molecular weight excluding hydrogens is 355 g/mol. The van der Waals surface area contributed by atoms with E-state index in [-0.39, 0.29) is 29.1 Å². The van der Waals surface area contributed by atoms with Gasteiger partial charge in [-0.1, -0.05) is 29.8 Å². The van der Waals surface area contributed by atoms with E-state index in [1.807, 2.05) is 6.92 Å². The van der Waals surface area contributed by atoms with Crippen LogP contribution in [0.15, 0.2) is 53.4 Å². The molecule has 0 aliphatic carbocycles. The van der Waals surface area contributed by atoms with E-state index in [1.165, 1.54) is 12.1 Å². The quantitative estimate of drug-likeness (QED) is 0.842. The lowest BCUT2D eigenvalue weighted by atomic mass is 10.1. The molecule has 2 aromatic rings. The number of sulfonamides is 1. The first-order valence-electron chi connectivity index (χ1n) is 8.42. The maximum absolute atomic E-state index is 13.0. The average molecular weight is 376 g/mol. The van der Waals surface area contributed by atoms with Crippen molar-refractivity contribution in [2.24, 2.45) is 5.92 Å². The highest BCUT2D eigenvalue weighted by Gasteiger charge is 2.30. The Kier molecular flexibility index (Phi) is 5.38. The first kappa shape index (κ1) is 18.5. The highest BCUT2D eigenvalue weighted by molar-refractivity contribution is 7.89. The Morgan fingerprint density at radius 3 is 2.42 bits per heavy atom. The lowest BCUT2D eigenvalue weighted by molar-refractivity contribution is -0.128. The Morgan fingerprint density at radius 1 is 1.12 bits per heavy atom. The fourth-order valence-electron chi connectivity index (χ4n) is 2.98. The Bertz CT molecular complexity index is 880. The molecule has 26 heavy (non-hydrogen) atoms. The van der Waals surface area contributed by atoms with Crippen LogP contribution < -0.4 is 4.72 Å². The highest BCUT2D eigenvalue weighted by atomic mass is 32.2. The van der Waals surface area contributed by atoms with Gasteiger partial charge in [0.15, 0.2) is 0 Å². The third-order valence-corrected chi connectivity index (χ3v) is 5.91. The van der Waals surface area contributed by atoms with Gasteiger partial charge in [-0.3, -0.25) is 4.79 Å². The minimum Gasteiger partial charge on any atom is -0.338 e. The molecule has 1 amide bonds. The third-order valence-electron chi connectivity index (χ3n) is 4.47. The number of carbonyl (C=O) groups is 1. The Hall–Kier alpha value is -2.25. The minimum atomic E-state index is -3.58. The van der Waals surface area contributed by atoms with E-state index in [2.05, 4.69) is 4.72 Å². The Labute approximate surface area is 152 Å². The first-order valence-corrected chi connectivity index (χ1v) is 9.90. The molecule has 1 heterocycles. The normalized spacial score (nSPS) is 17.7. The number of rotatable bonds is 6. The number of benzene rings is 2. The van der Waals surface area contributed by atoms with Crippen LogP contribution in [-0.4, -0.2) is 32.3 Å². The maximum Gasteiger partial charge on any atom is 0.240 e. The second kappa shape index (κ2) is 7.55. The van der Waals surface area contributed by atoms with E-state index in [1.54, 1.807) is 41.3 Å². The van der Waals surface area contributed by atoms with Gasteiger partial charge in [-0.2, -0.15) is 0 Å². The van der Waals surface area contributed by atoms with Crippen molar-refractivity contribution in [2.75, 3.05) is 13.1 Å². The number of nitrogens with zero attached hydrogens (tertiary/aromatic N) is 1. The van der Waals surface area contributed by atoms with E-state index < -0.39 is 10.0 Å². The van der Waals surface area contributed by atoms with Crippen LogP contribution in [0.2, 0.25) is 0 Å². The number of aryl methyl sites for hydroxylation is 1. The highest BCUT2D eigenvalue weighted by Crippen LogP contribution is 2.20. The zero-order chi connectivity index (χ0) is 18.7. The lowest BCUT2D eigenvalue weighted by Crippen LogP contribution is -2.31. The molecule has 0 bridgehead atoms. The molecule has 0 aromatic heterocycles. The monoisotopic (exact) mass is 376 g/mol. The molecule has 0 radical (unpaired) electrons. The molecule has 1 saturated heterocycles. The van der Waals surface area contributed by atoms with Gasteiger partial charge in [0.1, 0.15) is 5.82 Å². The number of halogens is 1. The zero-order valence-corrected chi connectivity index (χ0v) is 15.3. The van der Waals surface area contributed by atoms with Crippen LogP contribution >= 0.6 is 0 Å². The molecule has 1 N–H and O–H groups in total. The molecular formula is C19H21FN2O3S. The first-order chi connectivity index (χ1) is 12.3. The number of amides is 1. The molecule has 3 rings (SSSR count). The smallest absolute Gasteiger partial charge is 0.240 e. The van der Waals surface area contributed by atoms with Crippen molar-refractivity contribution in [1.82, 2.24) is 9.62 Å². The molecule has 1 aliphatic rings. The fourth-order valence-corrected chi connectivity index (χ4v) is 4.10. The summed E-state index contributed by atoms with van der Waals surface area (Å²) in [5.74, 6) is -0.415. The SMILES string of the molecule is Cc1ccc(S(=O)(=O)NC[C@@H]2CC(=O)N(Cc3ccc(F)cc3)C2)cc1. The summed E-state index contributed by atoms with van der Waals surface area (Å²) in [7, 11) is -3.58. The van der Waals surface area contributed by atoms with E-state index in [0.29, 0.717) is 19.5 Å². The van der Waals surface area contributed by atoms with Crippen LogP contribution in [0.4, 0.5) is 4.39 Å². The van der Waals surface area contributed by atoms with Crippen molar-refractivity contribution in [3.8, 4) is 0 Å². The summed E-state index contributed by atoms with van der Waals surface area (Å²) in [4.78, 5) is 14.1. The summed E-state index contributed by atoms with van der Waals surface area (Å²) in [6.07, 6.45) is 0.303. The predicted octanol–water partition coefficient (Wildman–Crippen LogP) is 2.46. The van der Waals surface area contributed by atoms with Gasteiger partial charge in [0.2, 0.25) is 15.9 Å². The molecule has 0 saturated carbocycles. The zero-order valence-electron chi connectivity index (χ0n) is 14.5. The molecule has 5 nitrogen and oxygen atoms in total. The largest absolute Gasteiger partial charge is 0.338 e. The summed E-state index contributed by atoms with van der Waals surface area (Å²) in [5.41, 5.74) is 1.84. The topological polar surface area (TPSA) is 66.5 Å². The number of likely N-dealkylation sites (tertiary alicyclic amines) is 1. The van der Waals surface area contributed by atoms with Crippen molar-refractivity contribution < 1.29 is 17.6 Å². The minimum absolute atomic E-state index is 0.0196. The van der Waals surface area contributed by atoms with Crippen LogP contribution in [0.1, 0.15) is 17.5 Å². The van der Waals surface area contributed by atoms with E-state index >= 15 is 0 Å². The van der Waals surface area contributed by atoms with Crippen LogP contribution in [0, 0.1) is 18.7 Å².